The number of nitrogens with zero attached hydrogens (tertiary/aromatic N) is 1. The topological polar surface area (TPSA) is 65.9 Å². The van der Waals surface area contributed by atoms with Crippen LogP contribution in [0.4, 0.5) is 4.39 Å². The lowest BCUT2D eigenvalue weighted by molar-refractivity contribution is 0.186. The molecule has 1 unspecified atom stereocenters. The van der Waals surface area contributed by atoms with E-state index in [1.807, 2.05) is 31.2 Å². The van der Waals surface area contributed by atoms with Crippen molar-refractivity contribution < 1.29 is 14.2 Å². The van der Waals surface area contributed by atoms with Gasteiger partial charge in [-0.2, -0.15) is 0 Å². The Labute approximate surface area is 153 Å². The number of benzene rings is 2. The number of ether oxygens (including phenoxy) is 1. The van der Waals surface area contributed by atoms with Gasteiger partial charge in [-0.15, -0.1) is 0 Å². The van der Waals surface area contributed by atoms with E-state index in [2.05, 4.69) is 15.6 Å². The van der Waals surface area contributed by atoms with Crippen molar-refractivity contribution in [3.05, 3.63) is 65.5 Å². The Kier molecular flexibility index (Phi) is 7.89. The second-order valence-electron chi connectivity index (χ2n) is 5.78. The normalized spacial score (nSPS) is 12.5. The Morgan fingerprint density at radius 1 is 1.19 bits per heavy atom. The number of hydrogen-bond acceptors (Lipinski definition) is 3. The molecule has 0 saturated heterocycles. The minimum atomic E-state index is -0.730. The minimum absolute atomic E-state index is 0.204. The quantitative estimate of drug-likeness (QED) is 0.501. The van der Waals surface area contributed by atoms with Crippen LogP contribution < -0.4 is 15.4 Å². The lowest BCUT2D eigenvalue weighted by atomic mass is 10.1. The van der Waals surface area contributed by atoms with Gasteiger partial charge in [-0.1, -0.05) is 30.3 Å². The molecule has 0 saturated carbocycles. The van der Waals surface area contributed by atoms with Crippen molar-refractivity contribution in [2.45, 2.75) is 19.4 Å². The Bertz CT molecular complexity index is 722. The third kappa shape index (κ3) is 6.04. The number of nitrogens with one attached hydrogen (secondary N) is 2. The van der Waals surface area contributed by atoms with Crippen LogP contribution in [0.5, 0.6) is 5.75 Å². The molecule has 6 heteroatoms. The first-order valence-electron chi connectivity index (χ1n) is 8.71. The van der Waals surface area contributed by atoms with Crippen molar-refractivity contribution in [2.75, 3.05) is 26.7 Å². The standard InChI is InChI=1S/C20H26FN3O2/c1-3-22-20(23-12-11-15-7-4-5-10-18(15)21)24-14-19(25)16-8-6-9-17(13-16)26-2/h4-10,13,19,25H,3,11-12,14H2,1-2H3,(H2,22,23,24). The van der Waals surface area contributed by atoms with Crippen LogP contribution in [0.25, 0.3) is 0 Å². The number of aliphatic hydroxyl groups is 1. The summed E-state index contributed by atoms with van der Waals surface area (Å²) in [5, 5.41) is 16.6. The molecule has 140 valence electrons. The Morgan fingerprint density at radius 3 is 2.73 bits per heavy atom. The molecule has 3 N–H and O–H groups in total. The Balaban J connectivity index is 1.91. The number of hydrogen-bond donors (Lipinski definition) is 3. The highest BCUT2D eigenvalue weighted by molar-refractivity contribution is 5.79. The van der Waals surface area contributed by atoms with E-state index in [-0.39, 0.29) is 12.4 Å². The van der Waals surface area contributed by atoms with E-state index < -0.39 is 6.10 Å². The fourth-order valence-corrected chi connectivity index (χ4v) is 2.49. The molecule has 0 aliphatic heterocycles. The molecule has 26 heavy (non-hydrogen) atoms. The van der Waals surface area contributed by atoms with Crippen LogP contribution in [0.2, 0.25) is 0 Å². The molecular formula is C20H26FN3O2. The molecule has 2 aromatic rings. The molecule has 2 aromatic carbocycles. The average Bonchev–Trinajstić information content (AvgIpc) is 2.67. The largest absolute Gasteiger partial charge is 0.497 e. The number of methoxy groups -OCH3 is 1. The zero-order chi connectivity index (χ0) is 18.8. The molecule has 0 aliphatic rings. The fourth-order valence-electron chi connectivity index (χ4n) is 2.49. The summed E-state index contributed by atoms with van der Waals surface area (Å²) >= 11 is 0. The van der Waals surface area contributed by atoms with Gasteiger partial charge in [-0.25, -0.2) is 4.39 Å². The van der Waals surface area contributed by atoms with Crippen LogP contribution in [0, 0.1) is 5.82 Å². The van der Waals surface area contributed by atoms with Gasteiger partial charge < -0.3 is 20.5 Å². The molecule has 0 aromatic heterocycles. The summed E-state index contributed by atoms with van der Waals surface area (Å²) in [7, 11) is 1.59. The first-order valence-corrected chi connectivity index (χ1v) is 8.71. The van der Waals surface area contributed by atoms with Gasteiger partial charge in [0.1, 0.15) is 11.6 Å². The van der Waals surface area contributed by atoms with Crippen molar-refractivity contribution in [3.63, 3.8) is 0 Å². The van der Waals surface area contributed by atoms with Crippen LogP contribution in [0.1, 0.15) is 24.2 Å². The third-order valence-electron chi connectivity index (χ3n) is 3.89. The molecule has 5 nitrogen and oxygen atoms in total. The van der Waals surface area contributed by atoms with Crippen LogP contribution in [0.3, 0.4) is 0 Å². The molecule has 0 fully saturated rings. The summed E-state index contributed by atoms with van der Waals surface area (Å²) in [4.78, 5) is 4.41. The average molecular weight is 359 g/mol. The fraction of sp³-hybridized carbons (Fsp3) is 0.350. The third-order valence-corrected chi connectivity index (χ3v) is 3.89. The molecular weight excluding hydrogens is 333 g/mol. The minimum Gasteiger partial charge on any atom is -0.497 e. The summed E-state index contributed by atoms with van der Waals surface area (Å²) < 4.78 is 18.8. The summed E-state index contributed by atoms with van der Waals surface area (Å²) in [5.41, 5.74) is 1.41. The second kappa shape index (κ2) is 10.4. The molecule has 1 atom stereocenters. The smallest absolute Gasteiger partial charge is 0.191 e. The lowest BCUT2D eigenvalue weighted by Gasteiger charge is -2.14. The first kappa shape index (κ1) is 19.7. The maximum Gasteiger partial charge on any atom is 0.191 e. The maximum atomic E-state index is 13.6. The predicted molar refractivity (Wildman–Crippen MR) is 102 cm³/mol. The predicted octanol–water partition coefficient (Wildman–Crippen LogP) is 2.67. The van der Waals surface area contributed by atoms with Crippen LogP contribution >= 0.6 is 0 Å². The molecule has 2 rings (SSSR count). The summed E-state index contributed by atoms with van der Waals surface area (Å²) in [6, 6.07) is 14.0. The van der Waals surface area contributed by atoms with Gasteiger partial charge in [-0.3, -0.25) is 4.99 Å². The summed E-state index contributed by atoms with van der Waals surface area (Å²) in [6.07, 6.45) is -0.178. The zero-order valence-corrected chi connectivity index (χ0v) is 15.2. The second-order valence-corrected chi connectivity index (χ2v) is 5.78. The highest BCUT2D eigenvalue weighted by atomic mass is 19.1. The van der Waals surface area contributed by atoms with Crippen LogP contribution in [0.15, 0.2) is 53.5 Å². The van der Waals surface area contributed by atoms with Gasteiger partial charge in [0.2, 0.25) is 0 Å². The number of aliphatic imine (C=N–C) groups is 1. The SMILES string of the molecule is CCNC(=NCC(O)c1cccc(OC)c1)NCCc1ccccc1F. The van der Waals surface area contributed by atoms with E-state index >= 15 is 0 Å². The van der Waals surface area contributed by atoms with E-state index in [1.165, 1.54) is 6.07 Å². The van der Waals surface area contributed by atoms with Crippen LogP contribution in [-0.4, -0.2) is 37.8 Å². The van der Waals surface area contributed by atoms with E-state index in [1.54, 1.807) is 25.3 Å². The van der Waals surface area contributed by atoms with Crippen LogP contribution in [-0.2, 0) is 6.42 Å². The van der Waals surface area contributed by atoms with E-state index in [9.17, 15) is 9.50 Å². The number of aliphatic hydroxyl groups excluding tert-OH is 1. The van der Waals surface area contributed by atoms with E-state index in [0.29, 0.717) is 36.8 Å². The number of guanidine groups is 1. The monoisotopic (exact) mass is 359 g/mol. The van der Waals surface area contributed by atoms with Crippen molar-refractivity contribution in [2.24, 2.45) is 4.99 Å². The Morgan fingerprint density at radius 2 is 2.00 bits per heavy atom. The van der Waals surface area contributed by atoms with Crippen molar-refractivity contribution in [1.82, 2.24) is 10.6 Å². The maximum absolute atomic E-state index is 13.6. The van der Waals surface area contributed by atoms with E-state index in [0.717, 1.165) is 5.56 Å². The van der Waals surface area contributed by atoms with Crippen molar-refractivity contribution in [1.29, 1.82) is 0 Å². The molecule has 0 radical (unpaired) electrons. The number of halogens is 1. The van der Waals surface area contributed by atoms with Gasteiger partial charge >= 0.3 is 0 Å². The zero-order valence-electron chi connectivity index (χ0n) is 15.2. The number of rotatable bonds is 8. The highest BCUT2D eigenvalue weighted by Crippen LogP contribution is 2.19. The molecule has 0 aliphatic carbocycles. The highest BCUT2D eigenvalue weighted by Gasteiger charge is 2.09. The van der Waals surface area contributed by atoms with Gasteiger partial charge in [0.25, 0.3) is 0 Å². The summed E-state index contributed by atoms with van der Waals surface area (Å²) in [5.74, 6) is 1.08. The van der Waals surface area contributed by atoms with E-state index in [4.69, 9.17) is 4.74 Å². The van der Waals surface area contributed by atoms with Gasteiger partial charge in [0, 0.05) is 13.1 Å². The summed E-state index contributed by atoms with van der Waals surface area (Å²) in [6.45, 7) is 3.41. The molecule has 0 amide bonds. The van der Waals surface area contributed by atoms with Gasteiger partial charge in [0.05, 0.1) is 19.8 Å². The molecule has 0 heterocycles. The molecule has 0 spiro atoms. The van der Waals surface area contributed by atoms with Crippen molar-refractivity contribution >= 4 is 5.96 Å². The first-order chi connectivity index (χ1) is 12.6. The molecule has 0 bridgehead atoms. The Hall–Kier alpha value is -2.60. The van der Waals surface area contributed by atoms with Gasteiger partial charge in [-0.05, 0) is 42.7 Å². The lowest BCUT2D eigenvalue weighted by Crippen LogP contribution is -2.38. The van der Waals surface area contributed by atoms with Gasteiger partial charge in [0.15, 0.2) is 5.96 Å². The van der Waals surface area contributed by atoms with Crippen molar-refractivity contribution in [3.8, 4) is 5.75 Å².